The van der Waals surface area contributed by atoms with Gasteiger partial charge in [-0.25, -0.2) is 0 Å². The second-order valence-corrected chi connectivity index (χ2v) is 5.36. The number of fused-ring (bicyclic) bond motifs is 1. The predicted octanol–water partition coefficient (Wildman–Crippen LogP) is 1.99. The second kappa shape index (κ2) is 4.96. The maximum atomic E-state index is 6.17. The van der Waals surface area contributed by atoms with E-state index in [2.05, 4.69) is 4.90 Å². The van der Waals surface area contributed by atoms with E-state index >= 15 is 0 Å². The highest BCUT2D eigenvalue weighted by atomic mass is 35.5. The van der Waals surface area contributed by atoms with Gasteiger partial charge in [0.1, 0.15) is 0 Å². The molecule has 0 bridgehead atoms. The highest BCUT2D eigenvalue weighted by Crippen LogP contribution is 2.40. The maximum absolute atomic E-state index is 6.17. The zero-order valence-corrected chi connectivity index (χ0v) is 10.9. The Hall–Kier alpha value is -0.970. The molecule has 2 heterocycles. The van der Waals surface area contributed by atoms with E-state index in [4.69, 9.17) is 26.8 Å². The Morgan fingerprint density at radius 2 is 2.28 bits per heavy atom. The standard InChI is InChI=1S/C13H17ClN2O2/c14-11-4-9(5-12-13(11)18-8-17-12)6-16-3-1-2-10(15)7-16/h4-5,10H,1-3,6-8,15H2/t10-/m1/s1. The van der Waals surface area contributed by atoms with Crippen molar-refractivity contribution in [1.82, 2.24) is 4.90 Å². The number of nitrogens with zero attached hydrogens (tertiary/aromatic N) is 1. The Morgan fingerprint density at radius 1 is 1.39 bits per heavy atom. The van der Waals surface area contributed by atoms with Crippen LogP contribution in [0.2, 0.25) is 5.02 Å². The number of hydrogen-bond donors (Lipinski definition) is 1. The van der Waals surface area contributed by atoms with E-state index in [0.29, 0.717) is 16.8 Å². The lowest BCUT2D eigenvalue weighted by Crippen LogP contribution is -2.42. The number of nitrogens with two attached hydrogens (primary N) is 1. The fourth-order valence-electron chi connectivity index (χ4n) is 2.61. The molecule has 1 fully saturated rings. The summed E-state index contributed by atoms with van der Waals surface area (Å²) in [5, 5.41) is 0.626. The third kappa shape index (κ3) is 2.41. The van der Waals surface area contributed by atoms with Crippen LogP contribution in [0.15, 0.2) is 12.1 Å². The van der Waals surface area contributed by atoms with Gasteiger partial charge >= 0.3 is 0 Å². The normalized spacial score (nSPS) is 23.3. The molecule has 0 saturated carbocycles. The van der Waals surface area contributed by atoms with Gasteiger partial charge < -0.3 is 15.2 Å². The summed E-state index contributed by atoms with van der Waals surface area (Å²) in [5.41, 5.74) is 7.14. The summed E-state index contributed by atoms with van der Waals surface area (Å²) in [4.78, 5) is 2.36. The number of piperidine rings is 1. The fourth-order valence-corrected chi connectivity index (χ4v) is 2.89. The van der Waals surface area contributed by atoms with Crippen molar-refractivity contribution in [2.75, 3.05) is 19.9 Å². The molecule has 18 heavy (non-hydrogen) atoms. The van der Waals surface area contributed by atoms with Crippen LogP contribution in [0.3, 0.4) is 0 Å². The van der Waals surface area contributed by atoms with Gasteiger partial charge in [-0.1, -0.05) is 11.6 Å². The average molecular weight is 269 g/mol. The van der Waals surface area contributed by atoms with E-state index in [0.717, 1.165) is 37.4 Å². The molecule has 0 unspecified atom stereocenters. The van der Waals surface area contributed by atoms with Crippen LogP contribution in [0.4, 0.5) is 0 Å². The van der Waals surface area contributed by atoms with E-state index in [1.165, 1.54) is 6.42 Å². The van der Waals surface area contributed by atoms with Crippen molar-refractivity contribution >= 4 is 11.6 Å². The Bertz CT molecular complexity index is 453. The number of hydrogen-bond acceptors (Lipinski definition) is 4. The second-order valence-electron chi connectivity index (χ2n) is 4.95. The molecular formula is C13H17ClN2O2. The third-order valence-electron chi connectivity index (χ3n) is 3.44. The van der Waals surface area contributed by atoms with Crippen molar-refractivity contribution in [3.05, 3.63) is 22.7 Å². The van der Waals surface area contributed by atoms with E-state index in [-0.39, 0.29) is 6.79 Å². The highest BCUT2D eigenvalue weighted by Gasteiger charge is 2.21. The van der Waals surface area contributed by atoms with Gasteiger partial charge in [-0.05, 0) is 37.1 Å². The molecule has 2 aliphatic rings. The van der Waals surface area contributed by atoms with Gasteiger partial charge in [0, 0.05) is 19.1 Å². The lowest BCUT2D eigenvalue weighted by atomic mass is 10.1. The largest absolute Gasteiger partial charge is 0.454 e. The number of likely N-dealkylation sites (tertiary alicyclic amines) is 1. The monoisotopic (exact) mass is 268 g/mol. The van der Waals surface area contributed by atoms with Gasteiger partial charge in [0.05, 0.1) is 5.02 Å². The van der Waals surface area contributed by atoms with Crippen LogP contribution in [-0.2, 0) is 6.54 Å². The first-order valence-electron chi connectivity index (χ1n) is 6.28. The van der Waals surface area contributed by atoms with Gasteiger partial charge in [0.2, 0.25) is 6.79 Å². The van der Waals surface area contributed by atoms with Gasteiger partial charge in [-0.15, -0.1) is 0 Å². The molecule has 98 valence electrons. The van der Waals surface area contributed by atoms with Crippen molar-refractivity contribution in [1.29, 1.82) is 0 Å². The molecule has 3 rings (SSSR count). The maximum Gasteiger partial charge on any atom is 0.231 e. The smallest absolute Gasteiger partial charge is 0.231 e. The molecule has 1 aromatic rings. The summed E-state index contributed by atoms with van der Waals surface area (Å²) >= 11 is 6.17. The van der Waals surface area contributed by atoms with Crippen LogP contribution in [-0.4, -0.2) is 30.8 Å². The zero-order chi connectivity index (χ0) is 12.5. The molecule has 2 N–H and O–H groups in total. The Labute approximate surface area is 112 Å². The van der Waals surface area contributed by atoms with Crippen molar-refractivity contribution in [3.8, 4) is 11.5 Å². The van der Waals surface area contributed by atoms with E-state index in [9.17, 15) is 0 Å². The van der Waals surface area contributed by atoms with Crippen LogP contribution in [0.25, 0.3) is 0 Å². The quantitative estimate of drug-likeness (QED) is 0.891. The van der Waals surface area contributed by atoms with Crippen molar-refractivity contribution in [2.24, 2.45) is 5.73 Å². The third-order valence-corrected chi connectivity index (χ3v) is 3.72. The Morgan fingerprint density at radius 3 is 3.11 bits per heavy atom. The number of halogens is 1. The molecule has 1 aromatic carbocycles. The fraction of sp³-hybridized carbons (Fsp3) is 0.538. The summed E-state index contributed by atoms with van der Waals surface area (Å²) in [6.45, 7) is 3.17. The molecule has 0 aliphatic carbocycles. The highest BCUT2D eigenvalue weighted by molar-refractivity contribution is 6.32. The van der Waals surface area contributed by atoms with Crippen molar-refractivity contribution in [2.45, 2.75) is 25.4 Å². The van der Waals surface area contributed by atoms with Gasteiger partial charge in [-0.2, -0.15) is 0 Å². The molecule has 1 atom stereocenters. The molecule has 0 radical (unpaired) electrons. The molecule has 0 amide bonds. The molecule has 0 spiro atoms. The molecule has 0 aromatic heterocycles. The summed E-state index contributed by atoms with van der Waals surface area (Å²) in [7, 11) is 0. The topological polar surface area (TPSA) is 47.7 Å². The van der Waals surface area contributed by atoms with E-state index < -0.39 is 0 Å². The lowest BCUT2D eigenvalue weighted by Gasteiger charge is -2.30. The number of rotatable bonds is 2. The minimum Gasteiger partial charge on any atom is -0.454 e. The first-order chi connectivity index (χ1) is 8.72. The summed E-state index contributed by atoms with van der Waals surface area (Å²) in [6.07, 6.45) is 2.29. The number of ether oxygens (including phenoxy) is 2. The Kier molecular flexibility index (Phi) is 3.33. The number of benzene rings is 1. The summed E-state index contributed by atoms with van der Waals surface area (Å²) in [6, 6.07) is 4.26. The first-order valence-corrected chi connectivity index (χ1v) is 6.66. The lowest BCUT2D eigenvalue weighted by molar-refractivity contribution is 0.173. The van der Waals surface area contributed by atoms with Crippen LogP contribution < -0.4 is 15.2 Å². The van der Waals surface area contributed by atoms with Crippen LogP contribution >= 0.6 is 11.6 Å². The van der Waals surface area contributed by atoms with Gasteiger partial charge in [0.15, 0.2) is 11.5 Å². The van der Waals surface area contributed by atoms with Gasteiger partial charge in [-0.3, -0.25) is 4.90 Å². The Balaban J connectivity index is 1.75. The molecule has 5 heteroatoms. The van der Waals surface area contributed by atoms with Crippen molar-refractivity contribution in [3.63, 3.8) is 0 Å². The average Bonchev–Trinajstić information content (AvgIpc) is 2.77. The minimum atomic E-state index is 0.257. The first kappa shape index (κ1) is 12.1. The van der Waals surface area contributed by atoms with Gasteiger partial charge in [0.25, 0.3) is 0 Å². The SMILES string of the molecule is N[C@@H]1CCCN(Cc2cc(Cl)c3c(c2)OCO3)C1. The van der Waals surface area contributed by atoms with E-state index in [1.54, 1.807) is 0 Å². The summed E-state index contributed by atoms with van der Waals surface area (Å²) in [5.74, 6) is 1.41. The van der Waals surface area contributed by atoms with Crippen LogP contribution in [0.5, 0.6) is 11.5 Å². The zero-order valence-electron chi connectivity index (χ0n) is 10.2. The molecular weight excluding hydrogens is 252 g/mol. The van der Waals surface area contributed by atoms with Crippen LogP contribution in [0, 0.1) is 0 Å². The molecule has 2 aliphatic heterocycles. The van der Waals surface area contributed by atoms with E-state index in [1.807, 2.05) is 12.1 Å². The minimum absolute atomic E-state index is 0.257. The van der Waals surface area contributed by atoms with Crippen molar-refractivity contribution < 1.29 is 9.47 Å². The summed E-state index contributed by atoms with van der Waals surface area (Å²) < 4.78 is 10.7. The molecule has 1 saturated heterocycles. The predicted molar refractivity (Wildman–Crippen MR) is 70.1 cm³/mol. The van der Waals surface area contributed by atoms with Crippen LogP contribution in [0.1, 0.15) is 18.4 Å². The molecule has 4 nitrogen and oxygen atoms in total.